The molecule has 0 saturated carbocycles. The van der Waals surface area contributed by atoms with Gasteiger partial charge in [0.05, 0.1) is 10.2 Å². The Morgan fingerprint density at radius 2 is 2.05 bits per heavy atom. The van der Waals surface area contributed by atoms with Crippen molar-refractivity contribution >= 4 is 27.5 Å². The van der Waals surface area contributed by atoms with Crippen molar-refractivity contribution in [3.8, 4) is 11.4 Å². The maximum atomic E-state index is 13.4. The normalized spacial score (nSPS) is 10.8. The minimum absolute atomic E-state index is 0.305. The Morgan fingerprint density at radius 1 is 1.32 bits per heavy atom. The van der Waals surface area contributed by atoms with Gasteiger partial charge in [0, 0.05) is 5.56 Å². The molecule has 19 heavy (non-hydrogen) atoms. The number of aromatic nitrogens is 2. The molecule has 0 spiro atoms. The molecule has 0 atom stereocenters. The van der Waals surface area contributed by atoms with Crippen molar-refractivity contribution in [3.05, 3.63) is 44.9 Å². The van der Waals surface area contributed by atoms with Crippen LogP contribution in [-0.2, 0) is 6.42 Å². The number of rotatable bonds is 3. The van der Waals surface area contributed by atoms with Gasteiger partial charge in [-0.25, -0.2) is 14.4 Å². The van der Waals surface area contributed by atoms with E-state index in [2.05, 4.69) is 32.8 Å². The first-order valence-corrected chi connectivity index (χ1v) is 7.18. The molecule has 0 aliphatic rings. The van der Waals surface area contributed by atoms with Crippen molar-refractivity contribution < 1.29 is 4.39 Å². The van der Waals surface area contributed by atoms with Gasteiger partial charge in [0.1, 0.15) is 11.0 Å². The van der Waals surface area contributed by atoms with E-state index in [1.165, 1.54) is 12.1 Å². The fourth-order valence-electron chi connectivity index (χ4n) is 1.82. The van der Waals surface area contributed by atoms with E-state index in [4.69, 9.17) is 11.6 Å². The largest absolute Gasteiger partial charge is 0.232 e. The SMILES string of the molecule is CCCc1nc(-c2cc(F)ccc2C)nc(Cl)c1Br. The van der Waals surface area contributed by atoms with E-state index in [9.17, 15) is 4.39 Å². The van der Waals surface area contributed by atoms with Crippen molar-refractivity contribution in [1.29, 1.82) is 0 Å². The molecule has 1 aromatic heterocycles. The number of nitrogens with zero attached hydrogens (tertiary/aromatic N) is 2. The highest BCUT2D eigenvalue weighted by molar-refractivity contribution is 9.10. The molecule has 0 fully saturated rings. The van der Waals surface area contributed by atoms with Gasteiger partial charge in [0.15, 0.2) is 5.82 Å². The first kappa shape index (κ1) is 14.4. The third kappa shape index (κ3) is 3.12. The first-order valence-electron chi connectivity index (χ1n) is 6.01. The molecular weight excluding hydrogens is 331 g/mol. The van der Waals surface area contributed by atoms with Crippen molar-refractivity contribution in [1.82, 2.24) is 9.97 Å². The molecule has 0 aliphatic carbocycles. The van der Waals surface area contributed by atoms with Crippen molar-refractivity contribution in [3.63, 3.8) is 0 Å². The lowest BCUT2D eigenvalue weighted by atomic mass is 10.1. The van der Waals surface area contributed by atoms with E-state index in [1.54, 1.807) is 6.07 Å². The van der Waals surface area contributed by atoms with Gasteiger partial charge in [-0.2, -0.15) is 0 Å². The minimum atomic E-state index is -0.305. The Kier molecular flexibility index (Phi) is 4.53. The summed E-state index contributed by atoms with van der Waals surface area (Å²) in [6.45, 7) is 3.96. The monoisotopic (exact) mass is 342 g/mol. The van der Waals surface area contributed by atoms with Gasteiger partial charge in [-0.3, -0.25) is 0 Å². The molecule has 2 rings (SSSR count). The second-order valence-electron chi connectivity index (χ2n) is 4.31. The Bertz CT molecular complexity index is 617. The molecule has 100 valence electrons. The van der Waals surface area contributed by atoms with E-state index >= 15 is 0 Å². The van der Waals surface area contributed by atoms with E-state index < -0.39 is 0 Å². The van der Waals surface area contributed by atoms with Gasteiger partial charge in [-0.05, 0) is 47.0 Å². The Balaban J connectivity index is 2.59. The average Bonchev–Trinajstić information content (AvgIpc) is 2.38. The summed E-state index contributed by atoms with van der Waals surface area (Å²) in [5.74, 6) is 0.161. The van der Waals surface area contributed by atoms with Crippen molar-refractivity contribution in [2.24, 2.45) is 0 Å². The second kappa shape index (κ2) is 5.97. The van der Waals surface area contributed by atoms with Crippen LogP contribution in [0.25, 0.3) is 11.4 Å². The summed E-state index contributed by atoms with van der Waals surface area (Å²) in [7, 11) is 0. The summed E-state index contributed by atoms with van der Waals surface area (Å²) in [5.41, 5.74) is 2.44. The molecule has 1 aromatic carbocycles. The summed E-state index contributed by atoms with van der Waals surface area (Å²) in [5, 5.41) is 0.358. The van der Waals surface area contributed by atoms with Gasteiger partial charge in [-0.1, -0.05) is 31.0 Å². The van der Waals surface area contributed by atoms with Gasteiger partial charge < -0.3 is 0 Å². The van der Waals surface area contributed by atoms with Gasteiger partial charge >= 0.3 is 0 Å². The topological polar surface area (TPSA) is 25.8 Å². The molecule has 0 N–H and O–H groups in total. The zero-order chi connectivity index (χ0) is 14.0. The Hall–Kier alpha value is -1.00. The predicted octanol–water partition coefficient (Wildman–Crippen LogP) is 4.96. The van der Waals surface area contributed by atoms with Crippen molar-refractivity contribution in [2.75, 3.05) is 0 Å². The van der Waals surface area contributed by atoms with E-state index in [0.717, 1.165) is 24.1 Å². The van der Waals surface area contributed by atoms with Gasteiger partial charge in [0.2, 0.25) is 0 Å². The zero-order valence-electron chi connectivity index (χ0n) is 10.7. The fourth-order valence-corrected chi connectivity index (χ4v) is 2.39. The third-order valence-electron chi connectivity index (χ3n) is 2.81. The highest BCUT2D eigenvalue weighted by Gasteiger charge is 2.13. The highest BCUT2D eigenvalue weighted by Crippen LogP contribution is 2.29. The van der Waals surface area contributed by atoms with E-state index in [1.807, 2.05) is 6.92 Å². The standard InChI is InChI=1S/C14H13BrClFN2/c1-3-4-11-12(15)13(16)19-14(18-11)10-7-9(17)6-5-8(10)2/h5-7H,3-4H2,1-2H3. The Labute approximate surface area is 125 Å². The fraction of sp³-hybridized carbons (Fsp3) is 0.286. The van der Waals surface area contributed by atoms with Crippen LogP contribution in [0.2, 0.25) is 5.15 Å². The van der Waals surface area contributed by atoms with E-state index in [-0.39, 0.29) is 5.82 Å². The first-order chi connectivity index (χ1) is 9.02. The summed E-state index contributed by atoms with van der Waals surface area (Å²) in [6, 6.07) is 4.57. The summed E-state index contributed by atoms with van der Waals surface area (Å²) in [6.07, 6.45) is 1.75. The molecule has 0 bridgehead atoms. The molecule has 0 radical (unpaired) electrons. The van der Waals surface area contributed by atoms with Gasteiger partial charge in [0.25, 0.3) is 0 Å². The van der Waals surface area contributed by atoms with Crippen LogP contribution in [0.1, 0.15) is 24.6 Å². The van der Waals surface area contributed by atoms with Crippen LogP contribution in [0, 0.1) is 12.7 Å². The maximum absolute atomic E-state index is 13.4. The molecule has 1 heterocycles. The van der Waals surface area contributed by atoms with E-state index in [0.29, 0.717) is 21.0 Å². The van der Waals surface area contributed by atoms with Crippen LogP contribution in [-0.4, -0.2) is 9.97 Å². The lowest BCUT2D eigenvalue weighted by molar-refractivity contribution is 0.627. The van der Waals surface area contributed by atoms with Crippen molar-refractivity contribution in [2.45, 2.75) is 26.7 Å². The van der Waals surface area contributed by atoms with Crippen LogP contribution in [0.4, 0.5) is 4.39 Å². The number of benzene rings is 1. The quantitative estimate of drug-likeness (QED) is 0.736. The lowest BCUT2D eigenvalue weighted by Crippen LogP contribution is -2.00. The summed E-state index contributed by atoms with van der Waals surface area (Å²) in [4.78, 5) is 8.71. The molecule has 0 aliphatic heterocycles. The number of hydrogen-bond acceptors (Lipinski definition) is 2. The molecular formula is C14H13BrClFN2. The molecule has 0 unspecified atom stereocenters. The molecule has 2 nitrogen and oxygen atoms in total. The van der Waals surface area contributed by atoms with Gasteiger partial charge in [-0.15, -0.1) is 0 Å². The molecule has 5 heteroatoms. The molecule has 0 amide bonds. The predicted molar refractivity (Wildman–Crippen MR) is 78.9 cm³/mol. The van der Waals surface area contributed by atoms with Crippen LogP contribution >= 0.6 is 27.5 Å². The van der Waals surface area contributed by atoms with Crippen LogP contribution in [0.5, 0.6) is 0 Å². The Morgan fingerprint density at radius 3 is 2.74 bits per heavy atom. The minimum Gasteiger partial charge on any atom is -0.232 e. The van der Waals surface area contributed by atoms with Crippen LogP contribution < -0.4 is 0 Å². The summed E-state index contributed by atoms with van der Waals surface area (Å²) < 4.78 is 14.1. The highest BCUT2D eigenvalue weighted by atomic mass is 79.9. The lowest BCUT2D eigenvalue weighted by Gasteiger charge is -2.09. The molecule has 0 saturated heterocycles. The second-order valence-corrected chi connectivity index (χ2v) is 5.46. The summed E-state index contributed by atoms with van der Waals surface area (Å²) >= 11 is 9.49. The van der Waals surface area contributed by atoms with Crippen LogP contribution in [0.15, 0.2) is 22.7 Å². The smallest absolute Gasteiger partial charge is 0.161 e. The number of aryl methyl sites for hydroxylation is 2. The third-order valence-corrected chi connectivity index (χ3v) is 4.14. The average molecular weight is 344 g/mol. The zero-order valence-corrected chi connectivity index (χ0v) is 13.0. The maximum Gasteiger partial charge on any atom is 0.161 e. The number of hydrogen-bond donors (Lipinski definition) is 0. The molecule has 2 aromatic rings. The van der Waals surface area contributed by atoms with Crippen LogP contribution in [0.3, 0.4) is 0 Å². The number of halogens is 3.